The molecule has 2 heterocycles. The summed E-state index contributed by atoms with van der Waals surface area (Å²) in [5.41, 5.74) is 2.33. The average molecular weight is 383 g/mol. The third-order valence-corrected chi connectivity index (χ3v) is 4.91. The molecule has 1 aliphatic heterocycles. The van der Waals surface area contributed by atoms with Crippen LogP contribution >= 0.6 is 23.2 Å². The summed E-state index contributed by atoms with van der Waals surface area (Å²) >= 11 is 12.5. The van der Waals surface area contributed by atoms with E-state index in [0.717, 1.165) is 5.69 Å². The van der Waals surface area contributed by atoms with Gasteiger partial charge in [0.1, 0.15) is 12.6 Å². The van der Waals surface area contributed by atoms with Crippen LogP contribution in [0.3, 0.4) is 0 Å². The van der Waals surface area contributed by atoms with Crippen molar-refractivity contribution in [1.82, 2.24) is 20.2 Å². The highest BCUT2D eigenvalue weighted by Crippen LogP contribution is 2.39. The third kappa shape index (κ3) is 3.43. The Balaban J connectivity index is 1.96. The number of rotatable bonds is 3. The second-order valence-corrected chi connectivity index (χ2v) is 6.28. The number of imidazole rings is 1. The maximum absolute atomic E-state index is 12.6. The molecule has 132 valence electrons. The molecular formula is C16H16Cl2N4O3. The molecular weight excluding hydrogens is 367 g/mol. The molecule has 2 N–H and O–H groups in total. The van der Waals surface area contributed by atoms with Crippen molar-refractivity contribution in [2.45, 2.75) is 12.5 Å². The van der Waals surface area contributed by atoms with Gasteiger partial charge in [-0.3, -0.25) is 4.79 Å². The van der Waals surface area contributed by atoms with Crippen LogP contribution in [0.25, 0.3) is 0 Å². The predicted octanol–water partition coefficient (Wildman–Crippen LogP) is 2.55. The van der Waals surface area contributed by atoms with E-state index in [1.54, 1.807) is 23.4 Å². The van der Waals surface area contributed by atoms with Gasteiger partial charge < -0.3 is 19.9 Å². The van der Waals surface area contributed by atoms with Gasteiger partial charge in [0.05, 0.1) is 29.2 Å². The molecule has 2 aromatic rings. The van der Waals surface area contributed by atoms with Crippen LogP contribution in [0.2, 0.25) is 10.0 Å². The van der Waals surface area contributed by atoms with Gasteiger partial charge in [0.25, 0.3) is 0 Å². The predicted molar refractivity (Wildman–Crippen MR) is 92.7 cm³/mol. The van der Waals surface area contributed by atoms with Crippen molar-refractivity contribution in [1.29, 1.82) is 0 Å². The van der Waals surface area contributed by atoms with E-state index in [1.165, 1.54) is 7.11 Å². The molecule has 3 rings (SSSR count). The summed E-state index contributed by atoms with van der Waals surface area (Å²) in [4.78, 5) is 33.0. The first-order valence-corrected chi connectivity index (χ1v) is 8.36. The van der Waals surface area contributed by atoms with Crippen LogP contribution in [0.4, 0.5) is 4.79 Å². The van der Waals surface area contributed by atoms with Crippen LogP contribution in [0, 0.1) is 0 Å². The number of aromatic amines is 1. The fourth-order valence-electron chi connectivity index (χ4n) is 2.86. The number of nitrogens with zero attached hydrogens (tertiary/aromatic N) is 2. The molecule has 0 aliphatic carbocycles. The van der Waals surface area contributed by atoms with E-state index < -0.39 is 18.0 Å². The minimum absolute atomic E-state index is 0.213. The highest BCUT2D eigenvalue weighted by atomic mass is 35.5. The lowest BCUT2D eigenvalue weighted by atomic mass is 9.96. The zero-order valence-electron chi connectivity index (χ0n) is 13.4. The molecule has 1 aliphatic rings. The minimum atomic E-state index is -0.525. The van der Waals surface area contributed by atoms with Gasteiger partial charge in [0.15, 0.2) is 0 Å². The van der Waals surface area contributed by atoms with Gasteiger partial charge in [0, 0.05) is 24.2 Å². The largest absolute Gasteiger partial charge is 0.468 e. The first-order valence-electron chi connectivity index (χ1n) is 7.60. The molecule has 0 radical (unpaired) electrons. The van der Waals surface area contributed by atoms with E-state index in [2.05, 4.69) is 20.0 Å². The Morgan fingerprint density at radius 3 is 3.00 bits per heavy atom. The van der Waals surface area contributed by atoms with E-state index in [0.29, 0.717) is 34.3 Å². The number of urea groups is 1. The maximum atomic E-state index is 12.6. The van der Waals surface area contributed by atoms with Gasteiger partial charge in [-0.2, -0.15) is 0 Å². The number of amides is 2. The van der Waals surface area contributed by atoms with Crippen molar-refractivity contribution >= 4 is 35.2 Å². The summed E-state index contributed by atoms with van der Waals surface area (Å²) in [6.45, 7) is 0.227. The fourth-order valence-corrected chi connectivity index (χ4v) is 3.27. The molecule has 1 atom stereocenters. The van der Waals surface area contributed by atoms with E-state index in [1.807, 2.05) is 6.07 Å². The Morgan fingerprint density at radius 2 is 2.24 bits per heavy atom. The number of hydrogen-bond donors (Lipinski definition) is 2. The van der Waals surface area contributed by atoms with Crippen molar-refractivity contribution in [3.05, 3.63) is 51.5 Å². The second-order valence-electron chi connectivity index (χ2n) is 5.49. The summed E-state index contributed by atoms with van der Waals surface area (Å²) in [7, 11) is 1.26. The standard InChI is InChI=1S/C16H16Cl2N4O3/c1-25-12(23)7-19-16(24)22-6-5-11-14(21-8-20-11)15(22)9-3-2-4-10(17)13(9)18/h2-4,8,15H,5-7H2,1H3,(H,19,24)(H,20,21). The van der Waals surface area contributed by atoms with Crippen LogP contribution < -0.4 is 5.32 Å². The van der Waals surface area contributed by atoms with Crippen LogP contribution in [0.1, 0.15) is 23.0 Å². The summed E-state index contributed by atoms with van der Waals surface area (Å²) < 4.78 is 4.55. The Hall–Kier alpha value is -2.25. The number of halogens is 2. The lowest BCUT2D eigenvalue weighted by Gasteiger charge is -2.35. The molecule has 0 bridgehead atoms. The first-order chi connectivity index (χ1) is 12.0. The van der Waals surface area contributed by atoms with Gasteiger partial charge in [-0.05, 0) is 6.07 Å². The van der Waals surface area contributed by atoms with Gasteiger partial charge in [-0.25, -0.2) is 9.78 Å². The van der Waals surface area contributed by atoms with Gasteiger partial charge >= 0.3 is 12.0 Å². The molecule has 0 spiro atoms. The van der Waals surface area contributed by atoms with Crippen molar-refractivity contribution < 1.29 is 14.3 Å². The highest BCUT2D eigenvalue weighted by Gasteiger charge is 2.35. The zero-order valence-corrected chi connectivity index (χ0v) is 14.9. The van der Waals surface area contributed by atoms with E-state index >= 15 is 0 Å². The number of methoxy groups -OCH3 is 1. The molecule has 0 fully saturated rings. The zero-order chi connectivity index (χ0) is 18.0. The van der Waals surface area contributed by atoms with Crippen molar-refractivity contribution in [2.24, 2.45) is 0 Å². The highest BCUT2D eigenvalue weighted by molar-refractivity contribution is 6.42. The Morgan fingerprint density at radius 1 is 1.44 bits per heavy atom. The monoisotopic (exact) mass is 382 g/mol. The van der Waals surface area contributed by atoms with E-state index in [9.17, 15) is 9.59 Å². The summed E-state index contributed by atoms with van der Waals surface area (Å²) in [6.07, 6.45) is 2.21. The third-order valence-electron chi connectivity index (χ3n) is 4.07. The number of carbonyl (C=O) groups is 2. The van der Waals surface area contributed by atoms with Crippen molar-refractivity contribution in [3.63, 3.8) is 0 Å². The van der Waals surface area contributed by atoms with Gasteiger partial charge in [-0.1, -0.05) is 35.3 Å². The fraction of sp³-hybridized carbons (Fsp3) is 0.312. The lowest BCUT2D eigenvalue weighted by Crippen LogP contribution is -2.47. The Labute approximate surface area is 154 Å². The first kappa shape index (κ1) is 17.6. The summed E-state index contributed by atoms with van der Waals surface area (Å²) in [5, 5.41) is 3.33. The number of H-pyrrole nitrogens is 1. The Bertz CT molecular complexity index is 808. The number of ether oxygens (including phenoxy) is 1. The number of fused-ring (bicyclic) bond motifs is 1. The molecule has 9 heteroatoms. The van der Waals surface area contributed by atoms with Crippen molar-refractivity contribution in [2.75, 3.05) is 20.2 Å². The SMILES string of the molecule is COC(=O)CNC(=O)N1CCc2[nH]cnc2C1c1cccc(Cl)c1Cl. The molecule has 1 aromatic carbocycles. The quantitative estimate of drug-likeness (QED) is 0.798. The maximum Gasteiger partial charge on any atom is 0.325 e. The molecule has 1 aromatic heterocycles. The average Bonchev–Trinajstić information content (AvgIpc) is 3.09. The number of carbonyl (C=O) groups excluding carboxylic acids is 2. The number of hydrogen-bond acceptors (Lipinski definition) is 4. The molecule has 0 saturated carbocycles. The van der Waals surface area contributed by atoms with Crippen LogP contribution in [-0.4, -0.2) is 47.1 Å². The topological polar surface area (TPSA) is 87.3 Å². The van der Waals surface area contributed by atoms with Crippen LogP contribution in [0.5, 0.6) is 0 Å². The van der Waals surface area contributed by atoms with E-state index in [4.69, 9.17) is 23.2 Å². The number of esters is 1. The summed E-state index contributed by atoms with van der Waals surface area (Å²) in [6, 6.07) is 4.36. The normalized spacial score (nSPS) is 16.3. The summed E-state index contributed by atoms with van der Waals surface area (Å²) in [5.74, 6) is -0.525. The van der Waals surface area contributed by atoms with E-state index in [-0.39, 0.29) is 6.54 Å². The molecule has 7 nitrogen and oxygen atoms in total. The lowest BCUT2D eigenvalue weighted by molar-refractivity contribution is -0.139. The van der Waals surface area contributed by atoms with Gasteiger partial charge in [0.2, 0.25) is 0 Å². The molecule has 25 heavy (non-hydrogen) atoms. The van der Waals surface area contributed by atoms with Crippen LogP contribution in [-0.2, 0) is 16.0 Å². The number of benzene rings is 1. The van der Waals surface area contributed by atoms with Gasteiger partial charge in [-0.15, -0.1) is 0 Å². The molecule has 1 unspecified atom stereocenters. The number of aromatic nitrogens is 2. The molecule has 2 amide bonds. The minimum Gasteiger partial charge on any atom is -0.468 e. The molecule has 0 saturated heterocycles. The van der Waals surface area contributed by atoms with Crippen LogP contribution in [0.15, 0.2) is 24.5 Å². The second kappa shape index (κ2) is 7.33. The van der Waals surface area contributed by atoms with Crippen molar-refractivity contribution in [3.8, 4) is 0 Å². The number of nitrogens with one attached hydrogen (secondary N) is 2. The Kier molecular flexibility index (Phi) is 5.15. The smallest absolute Gasteiger partial charge is 0.325 e.